The number of hydrogen-bond acceptors (Lipinski definition) is 5. The zero-order chi connectivity index (χ0) is 19.1. The fourth-order valence-corrected chi connectivity index (χ4v) is 2.41. The summed E-state index contributed by atoms with van der Waals surface area (Å²) in [5.74, 6) is -1.89. The number of nitrogens with zero attached hydrogens (tertiary/aromatic N) is 2. The summed E-state index contributed by atoms with van der Waals surface area (Å²) in [6.07, 6.45) is -0.693. The van der Waals surface area contributed by atoms with E-state index in [1.54, 1.807) is 0 Å². The molecule has 9 heteroatoms. The van der Waals surface area contributed by atoms with Crippen LogP contribution in [0.4, 0.5) is 13.2 Å². The van der Waals surface area contributed by atoms with Crippen molar-refractivity contribution >= 4 is 12.1 Å². The van der Waals surface area contributed by atoms with E-state index >= 15 is 0 Å². The summed E-state index contributed by atoms with van der Waals surface area (Å²) in [5, 5.41) is 9.50. The lowest BCUT2D eigenvalue weighted by Crippen LogP contribution is -2.30. The Bertz CT molecular complexity index is 695. The highest BCUT2D eigenvalue weighted by molar-refractivity contribution is 5.94. The van der Waals surface area contributed by atoms with Gasteiger partial charge in [-0.2, -0.15) is 0 Å². The molecule has 1 aromatic carbocycles. The predicted octanol–water partition coefficient (Wildman–Crippen LogP) is 2.29. The van der Waals surface area contributed by atoms with Crippen molar-refractivity contribution < 1.29 is 32.5 Å². The molecule has 6 nitrogen and oxygen atoms in total. The highest BCUT2D eigenvalue weighted by Gasteiger charge is 2.26. The van der Waals surface area contributed by atoms with Crippen molar-refractivity contribution in [1.82, 2.24) is 4.90 Å². The number of β-amino-alcohol motifs (C(OH)–C–C–N with tert-alkyl or cyclic N) is 1. The third-order valence-corrected chi connectivity index (χ3v) is 3.67. The molecule has 1 unspecified atom stereocenters. The molecule has 1 aromatic rings. The monoisotopic (exact) mass is 372 g/mol. The first kappa shape index (κ1) is 19.8. The van der Waals surface area contributed by atoms with Gasteiger partial charge in [-0.05, 0) is 12.5 Å². The molecule has 0 spiro atoms. The van der Waals surface area contributed by atoms with Gasteiger partial charge in [-0.1, -0.05) is 12.1 Å². The Balaban J connectivity index is 1.98. The SMILES string of the molecule is CO/C=C(\N=CCOc1cccc(C(F)F)c1F)C(=O)N1CCC(O)C1. The molecular weight excluding hydrogens is 353 g/mol. The number of alkyl halides is 2. The number of aliphatic hydroxyl groups excluding tert-OH is 1. The number of likely N-dealkylation sites (tertiary alicyclic amines) is 1. The molecule has 1 saturated heterocycles. The lowest BCUT2D eigenvalue weighted by Gasteiger charge is -2.15. The molecule has 0 saturated carbocycles. The summed E-state index contributed by atoms with van der Waals surface area (Å²) >= 11 is 0. The molecule has 1 heterocycles. The quantitative estimate of drug-likeness (QED) is 0.453. The molecule has 1 aliphatic rings. The number of carbonyl (C=O) groups excluding carboxylic acids is 1. The van der Waals surface area contributed by atoms with E-state index in [1.165, 1.54) is 30.4 Å². The van der Waals surface area contributed by atoms with Crippen LogP contribution in [0.3, 0.4) is 0 Å². The largest absolute Gasteiger partial charge is 0.502 e. The maximum Gasteiger partial charge on any atom is 0.275 e. The summed E-state index contributed by atoms with van der Waals surface area (Å²) in [5.41, 5.74) is -0.769. The number of hydrogen-bond donors (Lipinski definition) is 1. The first-order valence-electron chi connectivity index (χ1n) is 7.86. The highest BCUT2D eigenvalue weighted by Crippen LogP contribution is 2.27. The van der Waals surface area contributed by atoms with Crippen LogP contribution in [0.1, 0.15) is 18.4 Å². The Morgan fingerprint density at radius 2 is 2.27 bits per heavy atom. The van der Waals surface area contributed by atoms with E-state index in [-0.39, 0.29) is 24.6 Å². The van der Waals surface area contributed by atoms with Gasteiger partial charge in [0.05, 0.1) is 18.8 Å². The Kier molecular flexibility index (Phi) is 7.02. The van der Waals surface area contributed by atoms with Gasteiger partial charge in [0, 0.05) is 19.3 Å². The predicted molar refractivity (Wildman–Crippen MR) is 87.6 cm³/mol. The van der Waals surface area contributed by atoms with E-state index in [0.29, 0.717) is 13.0 Å². The second kappa shape index (κ2) is 9.23. The summed E-state index contributed by atoms with van der Waals surface area (Å²) < 4.78 is 49.0. The van der Waals surface area contributed by atoms with Crippen LogP contribution in [0.5, 0.6) is 5.75 Å². The fourth-order valence-electron chi connectivity index (χ4n) is 2.41. The van der Waals surface area contributed by atoms with Gasteiger partial charge in [-0.15, -0.1) is 0 Å². The van der Waals surface area contributed by atoms with Crippen LogP contribution >= 0.6 is 0 Å². The van der Waals surface area contributed by atoms with Gasteiger partial charge in [-0.25, -0.2) is 18.2 Å². The molecule has 1 aliphatic heterocycles. The number of carbonyl (C=O) groups is 1. The van der Waals surface area contributed by atoms with Gasteiger partial charge in [0.2, 0.25) is 0 Å². The summed E-state index contributed by atoms with van der Waals surface area (Å²) in [7, 11) is 1.35. The second-order valence-corrected chi connectivity index (χ2v) is 5.52. The van der Waals surface area contributed by atoms with E-state index in [9.17, 15) is 23.1 Å². The Labute approximate surface area is 148 Å². The number of benzene rings is 1. The van der Waals surface area contributed by atoms with Crippen molar-refractivity contribution in [2.24, 2.45) is 4.99 Å². The standard InChI is InChI=1S/C17H19F3N2O4/c1-25-10-13(17(24)22-7-5-11(23)9-22)21-6-8-26-14-4-2-3-12(15(14)18)16(19)20/h2-4,6,10-11,16,23H,5,7-9H2,1H3/b13-10-,21-6?. The molecule has 0 radical (unpaired) electrons. The summed E-state index contributed by atoms with van der Waals surface area (Å²) in [4.78, 5) is 17.6. The van der Waals surface area contributed by atoms with Crippen molar-refractivity contribution in [3.63, 3.8) is 0 Å². The molecule has 142 valence electrons. The summed E-state index contributed by atoms with van der Waals surface area (Å²) in [6.45, 7) is 0.372. The van der Waals surface area contributed by atoms with Gasteiger partial charge >= 0.3 is 0 Å². The van der Waals surface area contributed by atoms with Crippen LogP contribution in [-0.4, -0.2) is 55.0 Å². The molecular formula is C17H19F3N2O4. The van der Waals surface area contributed by atoms with E-state index in [0.717, 1.165) is 12.3 Å². The minimum absolute atomic E-state index is 0.0213. The number of halogens is 3. The molecule has 1 amide bonds. The number of amides is 1. The third-order valence-electron chi connectivity index (χ3n) is 3.67. The van der Waals surface area contributed by atoms with Crippen LogP contribution in [0.25, 0.3) is 0 Å². The van der Waals surface area contributed by atoms with Crippen molar-refractivity contribution in [3.8, 4) is 5.75 Å². The van der Waals surface area contributed by atoms with Crippen LogP contribution in [0.15, 0.2) is 35.2 Å². The molecule has 1 atom stereocenters. The van der Waals surface area contributed by atoms with Gasteiger partial charge in [0.15, 0.2) is 17.3 Å². The van der Waals surface area contributed by atoms with E-state index in [2.05, 4.69) is 4.99 Å². The highest BCUT2D eigenvalue weighted by atomic mass is 19.3. The minimum Gasteiger partial charge on any atom is -0.502 e. The number of rotatable bonds is 7. The molecule has 26 heavy (non-hydrogen) atoms. The van der Waals surface area contributed by atoms with Gasteiger partial charge in [0.25, 0.3) is 12.3 Å². The normalized spacial score (nSPS) is 18.0. The Morgan fingerprint density at radius 3 is 2.88 bits per heavy atom. The molecule has 1 fully saturated rings. The van der Waals surface area contributed by atoms with E-state index < -0.39 is 29.8 Å². The van der Waals surface area contributed by atoms with Crippen LogP contribution < -0.4 is 4.74 Å². The second-order valence-electron chi connectivity index (χ2n) is 5.52. The number of aliphatic imine (C=N–C) groups is 1. The lowest BCUT2D eigenvalue weighted by molar-refractivity contribution is -0.126. The van der Waals surface area contributed by atoms with Crippen LogP contribution in [0, 0.1) is 5.82 Å². The van der Waals surface area contributed by atoms with Crippen molar-refractivity contribution in [2.45, 2.75) is 19.0 Å². The van der Waals surface area contributed by atoms with Gasteiger partial charge in [-0.3, -0.25) is 4.79 Å². The molecule has 0 aromatic heterocycles. The van der Waals surface area contributed by atoms with Crippen molar-refractivity contribution in [1.29, 1.82) is 0 Å². The average Bonchev–Trinajstić information content (AvgIpc) is 3.04. The lowest BCUT2D eigenvalue weighted by atomic mass is 10.2. The fraction of sp³-hybridized carbons (Fsp3) is 0.412. The zero-order valence-corrected chi connectivity index (χ0v) is 14.1. The summed E-state index contributed by atoms with van der Waals surface area (Å²) in [6, 6.07) is 3.46. The van der Waals surface area contributed by atoms with Crippen LogP contribution in [0.2, 0.25) is 0 Å². The number of ether oxygens (including phenoxy) is 2. The number of aliphatic hydroxyl groups is 1. The third kappa shape index (κ3) is 4.98. The maximum atomic E-state index is 13.8. The first-order chi connectivity index (χ1) is 12.4. The Hall–Kier alpha value is -2.55. The van der Waals surface area contributed by atoms with Crippen molar-refractivity contribution in [3.05, 3.63) is 41.5 Å². The smallest absolute Gasteiger partial charge is 0.275 e. The van der Waals surface area contributed by atoms with Gasteiger partial charge in [0.1, 0.15) is 12.9 Å². The minimum atomic E-state index is -2.95. The van der Waals surface area contributed by atoms with E-state index in [4.69, 9.17) is 9.47 Å². The van der Waals surface area contributed by atoms with Gasteiger partial charge < -0.3 is 19.5 Å². The first-order valence-corrected chi connectivity index (χ1v) is 7.86. The van der Waals surface area contributed by atoms with Crippen LogP contribution in [-0.2, 0) is 9.53 Å². The van der Waals surface area contributed by atoms with Crippen molar-refractivity contribution in [2.75, 3.05) is 26.8 Å². The molecule has 1 N–H and O–H groups in total. The zero-order valence-electron chi connectivity index (χ0n) is 14.1. The van der Waals surface area contributed by atoms with E-state index in [1.807, 2.05) is 0 Å². The topological polar surface area (TPSA) is 71.4 Å². The number of methoxy groups -OCH3 is 1. The molecule has 0 bridgehead atoms. The molecule has 2 rings (SSSR count). The maximum absolute atomic E-state index is 13.8. The average molecular weight is 372 g/mol. The Morgan fingerprint density at radius 1 is 1.50 bits per heavy atom. The molecule has 0 aliphatic carbocycles.